The van der Waals surface area contributed by atoms with Gasteiger partial charge in [0.1, 0.15) is 6.10 Å². The van der Waals surface area contributed by atoms with Gasteiger partial charge in [0, 0.05) is 32.1 Å². The highest BCUT2D eigenvalue weighted by molar-refractivity contribution is 5.81. The van der Waals surface area contributed by atoms with Crippen molar-refractivity contribution in [1.29, 1.82) is 0 Å². The molecule has 1 amide bonds. The van der Waals surface area contributed by atoms with E-state index in [0.29, 0.717) is 6.04 Å². The summed E-state index contributed by atoms with van der Waals surface area (Å²) in [5, 5.41) is 10.2. The lowest BCUT2D eigenvalue weighted by Crippen LogP contribution is -2.37. The molecule has 2 N–H and O–H groups in total. The molecule has 30 heavy (non-hydrogen) atoms. The summed E-state index contributed by atoms with van der Waals surface area (Å²) in [6.45, 7) is 3.00. The van der Waals surface area contributed by atoms with E-state index in [1.807, 2.05) is 0 Å². The van der Waals surface area contributed by atoms with Gasteiger partial charge in [0.05, 0.1) is 6.10 Å². The van der Waals surface area contributed by atoms with Gasteiger partial charge in [0.15, 0.2) is 0 Å². The third-order valence-corrected chi connectivity index (χ3v) is 5.72. The van der Waals surface area contributed by atoms with E-state index in [4.69, 9.17) is 14.6 Å². The van der Waals surface area contributed by atoms with E-state index in [1.54, 1.807) is 0 Å². The number of likely N-dealkylation sites (tertiary alicyclic amines) is 1. The first-order chi connectivity index (χ1) is 14.2. The van der Waals surface area contributed by atoms with Crippen molar-refractivity contribution in [2.45, 2.75) is 56.5 Å². The molecule has 3 aliphatic rings. The molecule has 0 radical (unpaired) electrons. The van der Waals surface area contributed by atoms with Crippen LogP contribution in [0.15, 0.2) is 30.3 Å². The molecule has 0 aromatic heterocycles. The second kappa shape index (κ2) is 9.78. The minimum atomic E-state index is -5.08. The van der Waals surface area contributed by atoms with Crippen LogP contribution in [0.5, 0.6) is 0 Å². The number of nitrogens with one attached hydrogen (secondary N) is 1. The van der Waals surface area contributed by atoms with Gasteiger partial charge in [-0.15, -0.1) is 0 Å². The Kier molecular flexibility index (Phi) is 7.36. The number of carboxylic acids is 1. The molecule has 6 nitrogen and oxygen atoms in total. The van der Waals surface area contributed by atoms with Gasteiger partial charge < -0.3 is 15.2 Å². The van der Waals surface area contributed by atoms with Gasteiger partial charge in [-0.25, -0.2) is 4.79 Å². The average Bonchev–Trinajstić information content (AvgIpc) is 3.32. The molecule has 9 heteroatoms. The van der Waals surface area contributed by atoms with Crippen LogP contribution in [0.25, 0.3) is 0 Å². The molecule has 0 spiro atoms. The van der Waals surface area contributed by atoms with Crippen molar-refractivity contribution < 1.29 is 32.6 Å². The molecule has 0 unspecified atom stereocenters. The van der Waals surface area contributed by atoms with Gasteiger partial charge in [-0.2, -0.15) is 13.2 Å². The van der Waals surface area contributed by atoms with Crippen molar-refractivity contribution in [2.75, 3.05) is 19.6 Å². The van der Waals surface area contributed by atoms with Gasteiger partial charge in [0.25, 0.3) is 0 Å². The molecular formula is C21H27F3N2O4. The Morgan fingerprint density at radius 3 is 2.43 bits per heavy atom. The summed E-state index contributed by atoms with van der Waals surface area (Å²) in [6, 6.07) is 11.1. The molecule has 2 aliphatic heterocycles. The maximum Gasteiger partial charge on any atom is 0.490 e. The van der Waals surface area contributed by atoms with E-state index in [0.717, 1.165) is 44.8 Å². The molecule has 0 bridgehead atoms. The Balaban J connectivity index is 0.000000318. The van der Waals surface area contributed by atoms with Crippen molar-refractivity contribution in [3.05, 3.63) is 35.9 Å². The molecule has 1 aliphatic carbocycles. The number of fused-ring (bicyclic) bond motifs is 1. The van der Waals surface area contributed by atoms with Crippen molar-refractivity contribution in [2.24, 2.45) is 5.92 Å². The first-order valence-corrected chi connectivity index (χ1v) is 10.3. The number of nitrogens with zero attached hydrogens (tertiary/aromatic N) is 1. The minimum Gasteiger partial charge on any atom is -0.475 e. The maximum atomic E-state index is 12.2. The molecule has 1 aromatic carbocycles. The van der Waals surface area contributed by atoms with Crippen molar-refractivity contribution >= 4 is 11.9 Å². The first kappa shape index (κ1) is 22.6. The Hall–Kier alpha value is -2.13. The van der Waals surface area contributed by atoms with Crippen LogP contribution < -0.4 is 5.32 Å². The Bertz CT molecular complexity index is 725. The van der Waals surface area contributed by atoms with Crippen molar-refractivity contribution in [3.8, 4) is 0 Å². The van der Waals surface area contributed by atoms with E-state index < -0.39 is 12.1 Å². The van der Waals surface area contributed by atoms with E-state index in [2.05, 4.69) is 40.5 Å². The molecule has 166 valence electrons. The largest absolute Gasteiger partial charge is 0.490 e. The van der Waals surface area contributed by atoms with Crippen molar-refractivity contribution in [1.82, 2.24) is 10.2 Å². The summed E-state index contributed by atoms with van der Waals surface area (Å²) >= 11 is 0. The zero-order valence-corrected chi connectivity index (χ0v) is 16.6. The quantitative estimate of drug-likeness (QED) is 0.728. The minimum absolute atomic E-state index is 0.106. The van der Waals surface area contributed by atoms with Crippen LogP contribution >= 0.6 is 0 Å². The number of carboxylic acid groups (broad SMARTS) is 1. The number of ether oxygens (including phenoxy) is 1. The second-order valence-electron chi connectivity index (χ2n) is 8.02. The Labute approximate surface area is 173 Å². The zero-order valence-electron chi connectivity index (χ0n) is 16.6. The van der Waals surface area contributed by atoms with Crippen LogP contribution in [0, 0.1) is 5.92 Å². The predicted octanol–water partition coefficient (Wildman–Crippen LogP) is 2.62. The molecule has 1 saturated carbocycles. The van der Waals surface area contributed by atoms with Crippen LogP contribution in [-0.2, 0) is 20.7 Å². The lowest BCUT2D eigenvalue weighted by atomic mass is 10.1. The number of amides is 1. The van der Waals surface area contributed by atoms with Crippen LogP contribution in [0.1, 0.15) is 31.2 Å². The first-order valence-electron chi connectivity index (χ1n) is 10.3. The summed E-state index contributed by atoms with van der Waals surface area (Å²) in [5.41, 5.74) is 1.38. The third-order valence-electron chi connectivity index (χ3n) is 5.72. The summed E-state index contributed by atoms with van der Waals surface area (Å²) < 4.78 is 37.8. The number of rotatable bonds is 6. The summed E-state index contributed by atoms with van der Waals surface area (Å²) in [6.07, 6.45) is 0.463. The maximum absolute atomic E-state index is 12.2. The normalized spacial score (nSPS) is 25.9. The van der Waals surface area contributed by atoms with Crippen LogP contribution in [-0.4, -0.2) is 65.9 Å². The lowest BCUT2D eigenvalue weighted by molar-refractivity contribution is -0.192. The van der Waals surface area contributed by atoms with Gasteiger partial charge in [0.2, 0.25) is 5.91 Å². The van der Waals surface area contributed by atoms with Crippen molar-refractivity contribution in [3.63, 3.8) is 0 Å². The molecule has 2 saturated heterocycles. The van der Waals surface area contributed by atoms with Crippen LogP contribution in [0.3, 0.4) is 0 Å². The number of alkyl halides is 3. The fraction of sp³-hybridized carbons (Fsp3) is 0.619. The average molecular weight is 428 g/mol. The van der Waals surface area contributed by atoms with Crippen LogP contribution in [0.2, 0.25) is 0 Å². The predicted molar refractivity (Wildman–Crippen MR) is 103 cm³/mol. The number of hydrogen-bond acceptors (Lipinski definition) is 4. The van der Waals surface area contributed by atoms with Gasteiger partial charge in [-0.3, -0.25) is 9.69 Å². The van der Waals surface area contributed by atoms with E-state index in [1.165, 1.54) is 18.4 Å². The fourth-order valence-corrected chi connectivity index (χ4v) is 3.88. The summed E-state index contributed by atoms with van der Waals surface area (Å²) in [5.74, 6) is -1.93. The third kappa shape index (κ3) is 6.43. The number of benzene rings is 1. The number of aliphatic carboxylic acids is 1. The van der Waals surface area contributed by atoms with Gasteiger partial charge >= 0.3 is 12.1 Å². The zero-order chi connectivity index (χ0) is 21.7. The lowest BCUT2D eigenvalue weighted by Gasteiger charge is -2.22. The standard InChI is InChI=1S/C19H26N2O2.C2HF3O2/c22-19(20-13-15-6-7-15)18-12-16-17(23-18)9-11-21(16)10-8-14-4-2-1-3-5-14;3-2(4,5)1(6)7/h1-5,15-18H,6-13H2,(H,20,22);(H,6,7)/t16-,17-,18+;/m0./s1. The molecule has 1 aromatic rings. The summed E-state index contributed by atoms with van der Waals surface area (Å²) in [7, 11) is 0. The number of carbonyl (C=O) groups is 2. The summed E-state index contributed by atoms with van der Waals surface area (Å²) in [4.78, 5) is 23.7. The van der Waals surface area contributed by atoms with E-state index in [-0.39, 0.29) is 18.1 Å². The number of hydrogen-bond donors (Lipinski definition) is 2. The molecule has 2 heterocycles. The van der Waals surface area contributed by atoms with Gasteiger partial charge in [-0.1, -0.05) is 30.3 Å². The smallest absolute Gasteiger partial charge is 0.475 e. The monoisotopic (exact) mass is 428 g/mol. The molecular weight excluding hydrogens is 401 g/mol. The fourth-order valence-electron chi connectivity index (χ4n) is 3.88. The van der Waals surface area contributed by atoms with Crippen LogP contribution in [0.4, 0.5) is 13.2 Å². The highest BCUT2D eigenvalue weighted by Gasteiger charge is 2.45. The second-order valence-corrected chi connectivity index (χ2v) is 8.02. The van der Waals surface area contributed by atoms with Gasteiger partial charge in [-0.05, 0) is 37.2 Å². The topological polar surface area (TPSA) is 78.9 Å². The number of carbonyl (C=O) groups excluding carboxylic acids is 1. The highest BCUT2D eigenvalue weighted by atomic mass is 19.4. The van der Waals surface area contributed by atoms with E-state index in [9.17, 15) is 18.0 Å². The molecule has 3 atom stereocenters. The number of halogens is 3. The Morgan fingerprint density at radius 2 is 1.83 bits per heavy atom. The molecule has 4 rings (SSSR count). The SMILES string of the molecule is O=C(NCC1CC1)[C@H]1C[C@H]2[C@H](CCN2CCc2ccccc2)O1.O=C(O)C(F)(F)F. The highest BCUT2D eigenvalue weighted by Crippen LogP contribution is 2.33. The van der Waals surface area contributed by atoms with E-state index >= 15 is 0 Å². The Morgan fingerprint density at radius 1 is 1.17 bits per heavy atom. The molecule has 3 fully saturated rings.